The molecule has 132 valence electrons. The molecule has 0 radical (unpaired) electrons. The van der Waals surface area contributed by atoms with Crippen LogP contribution in [-0.2, 0) is 15.8 Å². The molecule has 0 atom stereocenters. The number of para-hydroxylation sites is 1. The van der Waals surface area contributed by atoms with Gasteiger partial charge in [0.2, 0.25) is 11.8 Å². The Bertz CT molecular complexity index is 807. The molecule has 0 fully saturated rings. The van der Waals surface area contributed by atoms with E-state index in [1.807, 2.05) is 0 Å². The average Bonchev–Trinajstić information content (AvgIpc) is 2.50. The van der Waals surface area contributed by atoms with Crippen molar-refractivity contribution >= 4 is 34.8 Å². The number of anilines is 2. The summed E-state index contributed by atoms with van der Waals surface area (Å²) in [4.78, 5) is 23.8. The minimum absolute atomic E-state index is 0.397. The van der Waals surface area contributed by atoms with Crippen molar-refractivity contribution in [2.45, 2.75) is 19.5 Å². The Labute approximate surface area is 147 Å². The van der Waals surface area contributed by atoms with Crippen LogP contribution in [0.4, 0.5) is 24.5 Å². The fraction of sp³-hybridized carbons (Fsp3) is 0.176. The number of aryl methyl sites for hydroxylation is 1. The lowest BCUT2D eigenvalue weighted by atomic mass is 10.1. The van der Waals surface area contributed by atoms with Gasteiger partial charge in [0.05, 0.1) is 11.3 Å². The van der Waals surface area contributed by atoms with Gasteiger partial charge >= 0.3 is 6.18 Å². The van der Waals surface area contributed by atoms with E-state index in [9.17, 15) is 22.8 Å². The van der Waals surface area contributed by atoms with Crippen molar-refractivity contribution < 1.29 is 22.8 Å². The van der Waals surface area contributed by atoms with Crippen LogP contribution in [0.5, 0.6) is 0 Å². The highest BCUT2D eigenvalue weighted by Gasteiger charge is 2.33. The molecule has 0 aliphatic heterocycles. The van der Waals surface area contributed by atoms with Crippen LogP contribution in [-0.4, -0.2) is 11.8 Å². The molecule has 0 aliphatic rings. The zero-order valence-electron chi connectivity index (χ0n) is 13.1. The molecule has 2 amide bonds. The highest BCUT2D eigenvalue weighted by molar-refractivity contribution is 6.31. The fourth-order valence-electron chi connectivity index (χ4n) is 2.10. The molecule has 0 saturated carbocycles. The number of hydrogen-bond donors (Lipinski definition) is 2. The smallest absolute Gasteiger partial charge is 0.325 e. The number of nitrogens with one attached hydrogen (secondary N) is 2. The summed E-state index contributed by atoms with van der Waals surface area (Å²) in [5.41, 5.74) is -0.206. The van der Waals surface area contributed by atoms with Crippen LogP contribution in [0, 0.1) is 6.92 Å². The molecule has 2 aromatic rings. The summed E-state index contributed by atoms with van der Waals surface area (Å²) in [5.74, 6) is -1.51. The number of rotatable bonds is 4. The summed E-state index contributed by atoms with van der Waals surface area (Å²) in [5, 5.41) is 5.03. The monoisotopic (exact) mass is 370 g/mol. The Morgan fingerprint density at radius 2 is 1.60 bits per heavy atom. The van der Waals surface area contributed by atoms with Crippen molar-refractivity contribution in [3.05, 3.63) is 58.6 Å². The first-order chi connectivity index (χ1) is 11.7. The molecule has 0 aromatic heterocycles. The average molecular weight is 371 g/mol. The van der Waals surface area contributed by atoms with Crippen LogP contribution < -0.4 is 10.6 Å². The molecule has 25 heavy (non-hydrogen) atoms. The van der Waals surface area contributed by atoms with Crippen molar-refractivity contribution in [1.29, 1.82) is 0 Å². The zero-order chi connectivity index (χ0) is 18.6. The van der Waals surface area contributed by atoms with Gasteiger partial charge in [-0.25, -0.2) is 0 Å². The first-order valence-electron chi connectivity index (χ1n) is 7.19. The molecule has 2 rings (SSSR count). The summed E-state index contributed by atoms with van der Waals surface area (Å²) in [7, 11) is 0. The van der Waals surface area contributed by atoms with Gasteiger partial charge in [-0.1, -0.05) is 29.8 Å². The first kappa shape index (κ1) is 18.8. The molecule has 0 heterocycles. The lowest BCUT2D eigenvalue weighted by Gasteiger charge is -2.13. The number of carbonyl (C=O) groups is 2. The molecule has 0 saturated heterocycles. The van der Waals surface area contributed by atoms with E-state index in [2.05, 4.69) is 10.6 Å². The van der Waals surface area contributed by atoms with Gasteiger partial charge in [-0.15, -0.1) is 0 Å². The topological polar surface area (TPSA) is 58.2 Å². The Hall–Kier alpha value is -2.54. The highest BCUT2D eigenvalue weighted by atomic mass is 35.5. The third-order valence-corrected chi connectivity index (χ3v) is 3.54. The predicted molar refractivity (Wildman–Crippen MR) is 89.5 cm³/mol. The van der Waals surface area contributed by atoms with Crippen molar-refractivity contribution in [2.24, 2.45) is 0 Å². The Morgan fingerprint density at radius 3 is 2.24 bits per heavy atom. The zero-order valence-corrected chi connectivity index (χ0v) is 13.8. The molecule has 8 heteroatoms. The third-order valence-electron chi connectivity index (χ3n) is 3.30. The van der Waals surface area contributed by atoms with E-state index < -0.39 is 35.7 Å². The van der Waals surface area contributed by atoms with Crippen molar-refractivity contribution in [3.63, 3.8) is 0 Å². The highest BCUT2D eigenvalue weighted by Crippen LogP contribution is 2.34. The standard InChI is InChI=1S/C17H14ClF3N2O2/c1-10-6-7-11(18)8-14(10)23-16(25)9-15(24)22-13-5-3-2-4-12(13)17(19,20)21/h2-8H,9H2,1H3,(H,22,24)(H,23,25). The number of halogens is 4. The molecule has 0 bridgehead atoms. The SMILES string of the molecule is Cc1ccc(Cl)cc1NC(=O)CC(=O)Nc1ccccc1C(F)(F)F. The van der Waals surface area contributed by atoms with Gasteiger partial charge in [0.15, 0.2) is 0 Å². The van der Waals surface area contributed by atoms with E-state index >= 15 is 0 Å². The second-order valence-electron chi connectivity index (χ2n) is 5.28. The summed E-state index contributed by atoms with van der Waals surface area (Å²) < 4.78 is 38.7. The van der Waals surface area contributed by atoms with E-state index in [-0.39, 0.29) is 0 Å². The minimum Gasteiger partial charge on any atom is -0.325 e. The minimum atomic E-state index is -4.61. The van der Waals surface area contributed by atoms with Crippen LogP contribution in [0.1, 0.15) is 17.5 Å². The number of benzene rings is 2. The fourth-order valence-corrected chi connectivity index (χ4v) is 2.27. The van der Waals surface area contributed by atoms with E-state index in [0.29, 0.717) is 10.7 Å². The van der Waals surface area contributed by atoms with Crippen LogP contribution in [0.15, 0.2) is 42.5 Å². The summed E-state index contributed by atoms with van der Waals surface area (Å²) in [6, 6.07) is 9.41. The maximum Gasteiger partial charge on any atom is 0.418 e. The van der Waals surface area contributed by atoms with Gasteiger partial charge < -0.3 is 10.6 Å². The molecule has 0 unspecified atom stereocenters. The van der Waals surface area contributed by atoms with Crippen LogP contribution in [0.25, 0.3) is 0 Å². The van der Waals surface area contributed by atoms with E-state index in [0.717, 1.165) is 17.7 Å². The maximum absolute atomic E-state index is 12.9. The second kappa shape index (κ2) is 7.57. The molecule has 0 spiro atoms. The number of alkyl halides is 3. The number of hydrogen-bond acceptors (Lipinski definition) is 2. The molecular formula is C17H14ClF3N2O2. The molecule has 0 aliphatic carbocycles. The van der Waals surface area contributed by atoms with Crippen molar-refractivity contribution in [3.8, 4) is 0 Å². The Balaban J connectivity index is 2.03. The molecular weight excluding hydrogens is 357 g/mol. The number of carbonyl (C=O) groups excluding carboxylic acids is 2. The van der Waals surface area contributed by atoms with Crippen LogP contribution in [0.3, 0.4) is 0 Å². The predicted octanol–water partition coefficient (Wildman–Crippen LogP) is 4.63. The lowest BCUT2D eigenvalue weighted by Crippen LogP contribution is -2.23. The van der Waals surface area contributed by atoms with Gasteiger partial charge in [-0.3, -0.25) is 9.59 Å². The van der Waals surface area contributed by atoms with Crippen molar-refractivity contribution in [1.82, 2.24) is 0 Å². The van der Waals surface area contributed by atoms with Gasteiger partial charge in [-0.2, -0.15) is 13.2 Å². The Kier molecular flexibility index (Phi) is 5.69. The Morgan fingerprint density at radius 1 is 1.00 bits per heavy atom. The van der Waals surface area contributed by atoms with Crippen LogP contribution >= 0.6 is 11.6 Å². The third kappa shape index (κ3) is 5.22. The first-order valence-corrected chi connectivity index (χ1v) is 7.56. The summed E-state index contributed by atoms with van der Waals surface area (Å²) in [6.07, 6.45) is -5.23. The van der Waals surface area contributed by atoms with Gasteiger partial charge in [0, 0.05) is 10.7 Å². The summed E-state index contributed by atoms with van der Waals surface area (Å²) >= 11 is 5.84. The summed E-state index contributed by atoms with van der Waals surface area (Å²) in [6.45, 7) is 1.74. The molecule has 4 nitrogen and oxygen atoms in total. The largest absolute Gasteiger partial charge is 0.418 e. The lowest BCUT2D eigenvalue weighted by molar-refractivity contribution is -0.137. The van der Waals surface area contributed by atoms with Crippen LogP contribution in [0.2, 0.25) is 5.02 Å². The van der Waals surface area contributed by atoms with E-state index in [1.165, 1.54) is 18.2 Å². The second-order valence-corrected chi connectivity index (χ2v) is 5.71. The normalized spacial score (nSPS) is 11.1. The van der Waals surface area contributed by atoms with Gasteiger partial charge in [0.25, 0.3) is 0 Å². The van der Waals surface area contributed by atoms with Gasteiger partial charge in [0.1, 0.15) is 6.42 Å². The molecule has 2 N–H and O–H groups in total. The molecule has 2 aromatic carbocycles. The van der Waals surface area contributed by atoms with Crippen molar-refractivity contribution in [2.75, 3.05) is 10.6 Å². The number of amides is 2. The van der Waals surface area contributed by atoms with E-state index in [4.69, 9.17) is 11.6 Å². The quantitative estimate of drug-likeness (QED) is 0.771. The van der Waals surface area contributed by atoms with Gasteiger partial charge in [-0.05, 0) is 36.8 Å². The van der Waals surface area contributed by atoms with E-state index in [1.54, 1.807) is 19.1 Å². The maximum atomic E-state index is 12.9.